The summed E-state index contributed by atoms with van der Waals surface area (Å²) in [6, 6.07) is 4.95. The summed E-state index contributed by atoms with van der Waals surface area (Å²) in [5.41, 5.74) is 7.30. The lowest BCUT2D eigenvalue weighted by Crippen LogP contribution is -2.18. The Morgan fingerprint density at radius 1 is 1.43 bits per heavy atom. The van der Waals surface area contributed by atoms with Crippen molar-refractivity contribution in [2.24, 2.45) is 5.10 Å². The summed E-state index contributed by atoms with van der Waals surface area (Å²) in [5.74, 6) is -0.559. The van der Waals surface area contributed by atoms with E-state index in [1.54, 1.807) is 0 Å². The lowest BCUT2D eigenvalue weighted by molar-refractivity contribution is -0.137. The number of alkyl halides is 3. The molecule has 0 bridgehead atoms. The molecule has 2 aromatic rings. The van der Waals surface area contributed by atoms with Crippen molar-refractivity contribution in [2.45, 2.75) is 19.5 Å². The highest BCUT2D eigenvalue weighted by Gasteiger charge is 2.32. The maximum atomic E-state index is 12.8. The number of halogens is 3. The second kappa shape index (κ2) is 6.78. The number of rotatable bonds is 4. The molecule has 0 saturated carbocycles. The number of carbonyl (C=O) groups is 1. The van der Waals surface area contributed by atoms with Crippen molar-refractivity contribution in [3.05, 3.63) is 46.0 Å². The van der Waals surface area contributed by atoms with Gasteiger partial charge in [-0.1, -0.05) is 36.5 Å². The first-order chi connectivity index (χ1) is 10.8. The Labute approximate surface area is 134 Å². The number of anilines is 1. The highest BCUT2D eigenvalue weighted by Crippen LogP contribution is 2.31. The molecule has 5 nitrogen and oxygen atoms in total. The highest BCUT2D eigenvalue weighted by atomic mass is 32.1. The van der Waals surface area contributed by atoms with Gasteiger partial charge in [-0.15, -0.1) is 0 Å². The van der Waals surface area contributed by atoms with E-state index in [0.717, 1.165) is 23.6 Å². The minimum Gasteiger partial charge on any atom is -0.375 e. The summed E-state index contributed by atoms with van der Waals surface area (Å²) in [6.45, 7) is 1.81. The first kappa shape index (κ1) is 16.9. The zero-order valence-corrected chi connectivity index (χ0v) is 12.8. The van der Waals surface area contributed by atoms with Crippen LogP contribution >= 0.6 is 11.3 Å². The number of amides is 1. The van der Waals surface area contributed by atoms with Crippen LogP contribution < -0.4 is 11.2 Å². The molecule has 1 amide bonds. The van der Waals surface area contributed by atoms with Gasteiger partial charge in [0.2, 0.25) is 0 Å². The van der Waals surface area contributed by atoms with Crippen LogP contribution in [0.5, 0.6) is 0 Å². The van der Waals surface area contributed by atoms with Gasteiger partial charge in [0.15, 0.2) is 5.13 Å². The Bertz CT molecular complexity index is 740. The van der Waals surface area contributed by atoms with Crippen LogP contribution in [-0.2, 0) is 12.6 Å². The van der Waals surface area contributed by atoms with Crippen LogP contribution in [0, 0.1) is 0 Å². The number of nitrogen functional groups attached to an aromatic ring is 1. The van der Waals surface area contributed by atoms with Crippen LogP contribution in [0.2, 0.25) is 0 Å². The molecule has 0 fully saturated rings. The number of thiazole rings is 1. The molecule has 0 atom stereocenters. The van der Waals surface area contributed by atoms with E-state index in [0.29, 0.717) is 17.0 Å². The normalized spacial score (nSPS) is 11.8. The van der Waals surface area contributed by atoms with Gasteiger partial charge in [0.25, 0.3) is 5.91 Å². The number of hydrazone groups is 1. The van der Waals surface area contributed by atoms with Crippen molar-refractivity contribution in [3.63, 3.8) is 0 Å². The summed E-state index contributed by atoms with van der Waals surface area (Å²) in [4.78, 5) is 16.3. The van der Waals surface area contributed by atoms with Crippen LogP contribution in [0.15, 0.2) is 29.4 Å². The number of hydrogen-bond donors (Lipinski definition) is 2. The van der Waals surface area contributed by atoms with E-state index >= 15 is 0 Å². The number of aryl methyl sites for hydroxylation is 1. The lowest BCUT2D eigenvalue weighted by atomic mass is 10.1. The molecule has 9 heteroatoms. The minimum atomic E-state index is -4.49. The van der Waals surface area contributed by atoms with E-state index < -0.39 is 17.6 Å². The molecule has 3 N–H and O–H groups in total. The maximum absolute atomic E-state index is 12.8. The van der Waals surface area contributed by atoms with Gasteiger partial charge in [-0.25, -0.2) is 10.4 Å². The number of nitrogens with two attached hydrogens (primary N) is 1. The van der Waals surface area contributed by atoms with Crippen LogP contribution in [0.3, 0.4) is 0 Å². The third-order valence-electron chi connectivity index (χ3n) is 2.89. The van der Waals surface area contributed by atoms with E-state index in [1.165, 1.54) is 18.2 Å². The van der Waals surface area contributed by atoms with Crippen LogP contribution in [-0.4, -0.2) is 17.1 Å². The maximum Gasteiger partial charge on any atom is 0.417 e. The van der Waals surface area contributed by atoms with Gasteiger partial charge in [-0.2, -0.15) is 18.3 Å². The highest BCUT2D eigenvalue weighted by molar-refractivity contribution is 7.17. The molecule has 1 heterocycles. The third kappa shape index (κ3) is 4.07. The Hall–Kier alpha value is -2.42. The van der Waals surface area contributed by atoms with Crippen LogP contribution in [0.1, 0.15) is 33.4 Å². The molecule has 122 valence electrons. The predicted octanol–water partition coefficient (Wildman–Crippen LogP) is 3.07. The zero-order chi connectivity index (χ0) is 17.0. The lowest BCUT2D eigenvalue weighted by Gasteiger charge is -2.09. The molecule has 23 heavy (non-hydrogen) atoms. The largest absolute Gasteiger partial charge is 0.417 e. The molecule has 0 aliphatic heterocycles. The molecular formula is C14H13F3N4OS. The topological polar surface area (TPSA) is 80.4 Å². The van der Waals surface area contributed by atoms with Crippen LogP contribution in [0.25, 0.3) is 0 Å². The van der Waals surface area contributed by atoms with Crippen molar-refractivity contribution >= 4 is 28.6 Å². The Kier molecular flexibility index (Phi) is 4.99. The van der Waals surface area contributed by atoms with Gasteiger partial charge in [0.1, 0.15) is 4.88 Å². The molecular weight excluding hydrogens is 329 g/mol. The Balaban J connectivity index is 2.15. The van der Waals surface area contributed by atoms with Gasteiger partial charge in [0.05, 0.1) is 17.5 Å². The summed E-state index contributed by atoms with van der Waals surface area (Å²) in [7, 11) is 0. The number of nitrogens with one attached hydrogen (secondary N) is 1. The quantitative estimate of drug-likeness (QED) is 0.662. The van der Waals surface area contributed by atoms with Gasteiger partial charge in [0, 0.05) is 5.56 Å². The molecule has 0 spiro atoms. The predicted molar refractivity (Wildman–Crippen MR) is 82.4 cm³/mol. The number of hydrogen-bond acceptors (Lipinski definition) is 5. The van der Waals surface area contributed by atoms with Crippen molar-refractivity contribution < 1.29 is 18.0 Å². The van der Waals surface area contributed by atoms with E-state index in [-0.39, 0.29) is 10.7 Å². The Morgan fingerprint density at radius 3 is 2.78 bits per heavy atom. The van der Waals surface area contributed by atoms with Crippen molar-refractivity contribution in [1.82, 2.24) is 10.4 Å². The summed E-state index contributed by atoms with van der Waals surface area (Å²) >= 11 is 1.00. The smallest absolute Gasteiger partial charge is 0.375 e. The zero-order valence-electron chi connectivity index (χ0n) is 12.0. The molecule has 1 aromatic heterocycles. The SMILES string of the molecule is CCc1nc(N)sc1C(=O)N/N=C\c1ccccc1C(F)(F)F. The van der Waals surface area contributed by atoms with Crippen molar-refractivity contribution in [3.8, 4) is 0 Å². The number of nitrogens with zero attached hydrogens (tertiary/aromatic N) is 2. The molecule has 0 aliphatic carbocycles. The third-order valence-corrected chi connectivity index (χ3v) is 3.82. The van der Waals surface area contributed by atoms with Crippen molar-refractivity contribution in [1.29, 1.82) is 0 Å². The van der Waals surface area contributed by atoms with E-state index in [2.05, 4.69) is 15.5 Å². The van der Waals surface area contributed by atoms with Gasteiger partial charge < -0.3 is 5.73 Å². The number of benzene rings is 1. The molecule has 0 saturated heterocycles. The second-order valence-electron chi connectivity index (χ2n) is 4.47. The average Bonchev–Trinajstić information content (AvgIpc) is 2.88. The molecule has 2 rings (SSSR count). The minimum absolute atomic E-state index is 0.139. The Morgan fingerprint density at radius 2 is 2.13 bits per heavy atom. The van der Waals surface area contributed by atoms with E-state index in [4.69, 9.17) is 5.73 Å². The van der Waals surface area contributed by atoms with Gasteiger partial charge in [-0.3, -0.25) is 4.79 Å². The monoisotopic (exact) mass is 342 g/mol. The fourth-order valence-electron chi connectivity index (χ4n) is 1.87. The first-order valence-corrected chi connectivity index (χ1v) is 7.39. The molecule has 0 radical (unpaired) electrons. The van der Waals surface area contributed by atoms with Gasteiger partial charge in [-0.05, 0) is 12.5 Å². The van der Waals surface area contributed by atoms with Crippen LogP contribution in [0.4, 0.5) is 18.3 Å². The standard InChI is InChI=1S/C14H13F3N4OS/c1-2-10-11(23-13(18)20-10)12(22)21-19-7-8-5-3-4-6-9(8)14(15,16)17/h3-7H,2H2,1H3,(H2,18,20)(H,21,22)/b19-7-. The fourth-order valence-corrected chi connectivity index (χ4v) is 2.68. The summed E-state index contributed by atoms with van der Waals surface area (Å²) < 4.78 is 38.5. The van der Waals surface area contributed by atoms with E-state index in [9.17, 15) is 18.0 Å². The molecule has 1 aromatic carbocycles. The summed E-state index contributed by atoms with van der Waals surface area (Å²) in [5, 5.41) is 3.84. The average molecular weight is 342 g/mol. The van der Waals surface area contributed by atoms with Crippen molar-refractivity contribution in [2.75, 3.05) is 5.73 Å². The number of carbonyl (C=O) groups excluding carboxylic acids is 1. The molecule has 0 unspecified atom stereocenters. The summed E-state index contributed by atoms with van der Waals surface area (Å²) in [6.07, 6.45) is -3.03. The molecule has 0 aliphatic rings. The second-order valence-corrected chi connectivity index (χ2v) is 5.50. The number of aromatic nitrogens is 1. The first-order valence-electron chi connectivity index (χ1n) is 6.57. The van der Waals surface area contributed by atoms with Gasteiger partial charge >= 0.3 is 6.18 Å². The fraction of sp³-hybridized carbons (Fsp3) is 0.214. The van der Waals surface area contributed by atoms with E-state index in [1.807, 2.05) is 6.92 Å².